The van der Waals surface area contributed by atoms with Crippen LogP contribution in [-0.4, -0.2) is 24.7 Å². The third-order valence-electron chi connectivity index (χ3n) is 4.98. The van der Waals surface area contributed by atoms with Crippen LogP contribution in [0.4, 0.5) is 5.69 Å². The molecule has 2 heterocycles. The Kier molecular flexibility index (Phi) is 6.64. The number of hydrogen-bond donors (Lipinski definition) is 1. The lowest BCUT2D eigenvalue weighted by molar-refractivity contribution is 0.139. The molecule has 0 spiro atoms. The van der Waals surface area contributed by atoms with Crippen LogP contribution in [0.1, 0.15) is 11.1 Å². The minimum Gasteiger partial charge on any atom is -0.497 e. The SMILES string of the molecule is COc1cccc(COCC2=CN(c3ccccc3Cl)NC2Cc2cccnc2)c1. The van der Waals surface area contributed by atoms with Gasteiger partial charge in [0.2, 0.25) is 0 Å². The van der Waals surface area contributed by atoms with E-state index in [1.807, 2.05) is 65.8 Å². The number of pyridine rings is 1. The predicted molar refractivity (Wildman–Crippen MR) is 120 cm³/mol. The van der Waals surface area contributed by atoms with Gasteiger partial charge in [-0.2, -0.15) is 0 Å². The monoisotopic (exact) mass is 421 g/mol. The fraction of sp³-hybridized carbons (Fsp3) is 0.208. The van der Waals surface area contributed by atoms with Crippen molar-refractivity contribution in [2.24, 2.45) is 0 Å². The van der Waals surface area contributed by atoms with E-state index in [0.717, 1.165) is 34.6 Å². The topological polar surface area (TPSA) is 46.6 Å². The maximum Gasteiger partial charge on any atom is 0.119 e. The minimum absolute atomic E-state index is 0.0933. The van der Waals surface area contributed by atoms with E-state index in [4.69, 9.17) is 21.1 Å². The second kappa shape index (κ2) is 9.76. The largest absolute Gasteiger partial charge is 0.497 e. The molecule has 1 atom stereocenters. The second-order valence-electron chi connectivity index (χ2n) is 7.12. The predicted octanol–water partition coefficient (Wildman–Crippen LogP) is 4.78. The van der Waals surface area contributed by atoms with Crippen molar-refractivity contribution in [2.45, 2.75) is 19.1 Å². The molecule has 4 rings (SSSR count). The standard InChI is InChI=1S/C24H24ClN3O2/c1-29-21-8-4-6-19(12-21)16-30-17-20-15-28(24-10-3-2-9-22(24)25)27-23(20)13-18-7-5-11-26-14-18/h2-12,14-15,23,27H,13,16-17H2,1H3. The molecule has 0 fully saturated rings. The Balaban J connectivity index is 1.48. The van der Waals surface area contributed by atoms with Gasteiger partial charge >= 0.3 is 0 Å². The highest BCUT2D eigenvalue weighted by Crippen LogP contribution is 2.29. The molecule has 154 valence electrons. The van der Waals surface area contributed by atoms with Crippen molar-refractivity contribution in [3.8, 4) is 5.75 Å². The van der Waals surface area contributed by atoms with Crippen LogP contribution in [0.25, 0.3) is 0 Å². The summed E-state index contributed by atoms with van der Waals surface area (Å²) in [6.45, 7) is 1.02. The van der Waals surface area contributed by atoms with E-state index < -0.39 is 0 Å². The van der Waals surface area contributed by atoms with E-state index in [-0.39, 0.29) is 6.04 Å². The van der Waals surface area contributed by atoms with Crippen LogP contribution < -0.4 is 15.2 Å². The molecule has 1 aromatic heterocycles. The van der Waals surface area contributed by atoms with Gasteiger partial charge in [-0.1, -0.05) is 41.9 Å². The minimum atomic E-state index is 0.0933. The van der Waals surface area contributed by atoms with Gasteiger partial charge in [-0.05, 0) is 53.5 Å². The lowest BCUT2D eigenvalue weighted by atomic mass is 10.0. The van der Waals surface area contributed by atoms with Gasteiger partial charge in [-0.3, -0.25) is 9.99 Å². The highest BCUT2D eigenvalue weighted by Gasteiger charge is 2.26. The van der Waals surface area contributed by atoms with Gasteiger partial charge in [-0.15, -0.1) is 0 Å². The van der Waals surface area contributed by atoms with Gasteiger partial charge in [0.25, 0.3) is 0 Å². The molecule has 1 aliphatic heterocycles. The first-order valence-electron chi connectivity index (χ1n) is 9.83. The van der Waals surface area contributed by atoms with Crippen molar-refractivity contribution in [1.82, 2.24) is 10.4 Å². The highest BCUT2D eigenvalue weighted by molar-refractivity contribution is 6.33. The average molecular weight is 422 g/mol. The Morgan fingerprint density at radius 1 is 1.03 bits per heavy atom. The number of halogens is 1. The quantitative estimate of drug-likeness (QED) is 0.567. The fourth-order valence-electron chi connectivity index (χ4n) is 3.45. The van der Waals surface area contributed by atoms with Crippen LogP contribution in [0.15, 0.2) is 84.8 Å². The number of ether oxygens (including phenoxy) is 2. The summed E-state index contributed by atoms with van der Waals surface area (Å²) in [5.74, 6) is 0.831. The van der Waals surface area contributed by atoms with Gasteiger partial charge in [0, 0.05) is 18.6 Å². The highest BCUT2D eigenvalue weighted by atomic mass is 35.5. The maximum absolute atomic E-state index is 6.41. The second-order valence-corrected chi connectivity index (χ2v) is 7.52. The number of anilines is 1. The number of para-hydroxylation sites is 1. The van der Waals surface area contributed by atoms with Crippen molar-refractivity contribution in [2.75, 3.05) is 18.7 Å². The molecule has 1 N–H and O–H groups in total. The molecular weight excluding hydrogens is 398 g/mol. The first-order chi connectivity index (χ1) is 14.7. The van der Waals surface area contributed by atoms with Gasteiger partial charge in [0.1, 0.15) is 5.75 Å². The number of nitrogens with zero attached hydrogens (tertiary/aromatic N) is 2. The number of rotatable bonds is 8. The number of hydrazine groups is 1. The summed E-state index contributed by atoms with van der Waals surface area (Å²) in [4.78, 5) is 4.24. The van der Waals surface area contributed by atoms with Crippen molar-refractivity contribution >= 4 is 17.3 Å². The van der Waals surface area contributed by atoms with Crippen LogP contribution in [0.3, 0.4) is 0 Å². The summed E-state index contributed by atoms with van der Waals surface area (Å²) < 4.78 is 11.3. The zero-order chi connectivity index (χ0) is 20.8. The third kappa shape index (κ3) is 5.00. The average Bonchev–Trinajstić information content (AvgIpc) is 3.17. The zero-order valence-electron chi connectivity index (χ0n) is 16.8. The van der Waals surface area contributed by atoms with Crippen LogP contribution in [0, 0.1) is 0 Å². The molecule has 0 amide bonds. The van der Waals surface area contributed by atoms with Crippen molar-refractivity contribution < 1.29 is 9.47 Å². The molecule has 5 nitrogen and oxygen atoms in total. The van der Waals surface area contributed by atoms with Gasteiger partial charge < -0.3 is 9.47 Å². The van der Waals surface area contributed by atoms with Crippen LogP contribution >= 0.6 is 11.6 Å². The van der Waals surface area contributed by atoms with E-state index in [1.54, 1.807) is 13.3 Å². The van der Waals surface area contributed by atoms with Crippen molar-refractivity contribution in [3.63, 3.8) is 0 Å². The number of methoxy groups -OCH3 is 1. The maximum atomic E-state index is 6.41. The Labute approximate surface area is 181 Å². The summed E-state index contributed by atoms with van der Waals surface area (Å²) in [6, 6.07) is 19.8. The van der Waals surface area contributed by atoms with Gasteiger partial charge in [0.05, 0.1) is 37.1 Å². The molecule has 6 heteroatoms. The smallest absolute Gasteiger partial charge is 0.119 e. The molecule has 1 unspecified atom stereocenters. The van der Waals surface area contributed by atoms with Gasteiger partial charge in [0.15, 0.2) is 0 Å². The van der Waals surface area contributed by atoms with Crippen molar-refractivity contribution in [1.29, 1.82) is 0 Å². The Morgan fingerprint density at radius 3 is 2.70 bits per heavy atom. The third-order valence-corrected chi connectivity index (χ3v) is 5.30. The number of hydrogen-bond acceptors (Lipinski definition) is 5. The Hall–Kier alpha value is -2.86. The molecule has 0 saturated heterocycles. The summed E-state index contributed by atoms with van der Waals surface area (Å²) in [7, 11) is 1.67. The Morgan fingerprint density at radius 2 is 1.90 bits per heavy atom. The first kappa shape index (κ1) is 20.4. The molecule has 0 aliphatic carbocycles. The zero-order valence-corrected chi connectivity index (χ0v) is 17.5. The van der Waals surface area contributed by atoms with Crippen LogP contribution in [-0.2, 0) is 17.8 Å². The van der Waals surface area contributed by atoms with Crippen LogP contribution in [0.5, 0.6) is 5.75 Å². The number of benzene rings is 2. The van der Waals surface area contributed by atoms with E-state index in [9.17, 15) is 0 Å². The number of aromatic nitrogens is 1. The Bertz CT molecular complexity index is 1010. The first-order valence-corrected chi connectivity index (χ1v) is 10.2. The summed E-state index contributed by atoms with van der Waals surface area (Å²) in [6.07, 6.45) is 6.57. The molecule has 0 radical (unpaired) electrons. The van der Waals surface area contributed by atoms with Gasteiger partial charge in [-0.25, -0.2) is 5.43 Å². The molecule has 0 bridgehead atoms. The molecule has 3 aromatic rings. The fourth-order valence-corrected chi connectivity index (χ4v) is 3.67. The summed E-state index contributed by atoms with van der Waals surface area (Å²) in [5, 5.41) is 2.67. The molecular formula is C24H24ClN3O2. The van der Waals surface area contributed by atoms with E-state index >= 15 is 0 Å². The van der Waals surface area contributed by atoms with E-state index in [0.29, 0.717) is 18.2 Å². The summed E-state index contributed by atoms with van der Waals surface area (Å²) >= 11 is 6.41. The molecule has 2 aromatic carbocycles. The van der Waals surface area contributed by atoms with E-state index in [1.165, 1.54) is 0 Å². The lowest BCUT2D eigenvalue weighted by Crippen LogP contribution is -2.38. The summed E-state index contributed by atoms with van der Waals surface area (Å²) in [5.41, 5.74) is 7.85. The number of nitrogens with one attached hydrogen (secondary N) is 1. The lowest BCUT2D eigenvalue weighted by Gasteiger charge is -2.21. The molecule has 0 saturated carbocycles. The normalized spacial score (nSPS) is 15.9. The molecule has 1 aliphatic rings. The molecule has 30 heavy (non-hydrogen) atoms. The van der Waals surface area contributed by atoms with Crippen molar-refractivity contribution in [3.05, 3.63) is 101 Å². The van der Waals surface area contributed by atoms with Crippen LogP contribution in [0.2, 0.25) is 5.02 Å². The van der Waals surface area contributed by atoms with E-state index in [2.05, 4.69) is 22.7 Å².